The molecule has 0 aliphatic rings. The number of carbonyl (C=O) groups excluding carboxylic acids is 2. The molecule has 3 amide bonds. The maximum Gasteiger partial charge on any atom is 0.318 e. The van der Waals surface area contributed by atoms with Crippen molar-refractivity contribution in [1.82, 2.24) is 14.9 Å². The maximum atomic E-state index is 13.2. The molecule has 0 fully saturated rings. The van der Waals surface area contributed by atoms with Crippen LogP contribution in [0, 0.1) is 0 Å². The number of ether oxygens (including phenoxy) is 1. The van der Waals surface area contributed by atoms with E-state index in [4.69, 9.17) is 10.5 Å². The lowest BCUT2D eigenvalue weighted by atomic mass is 10.2. The molecule has 3 aromatic rings. The number of carbonyl (C=O) groups is 2. The molecule has 28 heavy (non-hydrogen) atoms. The van der Waals surface area contributed by atoms with E-state index in [0.717, 1.165) is 11.8 Å². The van der Waals surface area contributed by atoms with Crippen molar-refractivity contribution in [2.75, 3.05) is 7.11 Å². The molecule has 0 bridgehead atoms. The number of rotatable bonds is 5. The van der Waals surface area contributed by atoms with Crippen molar-refractivity contribution in [2.24, 2.45) is 5.73 Å². The number of hydrogen-bond acceptors (Lipinski definition) is 6. The molecule has 1 atom stereocenters. The Bertz CT molecular complexity index is 1110. The highest BCUT2D eigenvalue weighted by Gasteiger charge is 2.21. The molecular weight excluding hydrogens is 380 g/mol. The minimum atomic E-state index is -0.936. The first-order valence-electron chi connectivity index (χ1n) is 8.34. The molecule has 8 nitrogen and oxygen atoms in total. The van der Waals surface area contributed by atoms with Gasteiger partial charge >= 0.3 is 6.03 Å². The Morgan fingerprint density at radius 3 is 2.68 bits per heavy atom. The Kier molecular flexibility index (Phi) is 5.65. The monoisotopic (exact) mass is 398 g/mol. The molecule has 1 unspecified atom stereocenters. The fourth-order valence-corrected chi connectivity index (χ4v) is 3.53. The molecule has 0 radical (unpaired) electrons. The number of fused-ring (bicyclic) bond motifs is 1. The molecule has 0 saturated heterocycles. The number of urea groups is 1. The summed E-state index contributed by atoms with van der Waals surface area (Å²) in [7, 11) is 1.53. The number of nitrogens with two attached hydrogens (primary N) is 1. The number of benzene rings is 2. The second-order valence-electron chi connectivity index (χ2n) is 5.87. The molecule has 0 spiro atoms. The van der Waals surface area contributed by atoms with Gasteiger partial charge in [-0.1, -0.05) is 30.0 Å². The van der Waals surface area contributed by atoms with Gasteiger partial charge in [0.15, 0.2) is 5.16 Å². The van der Waals surface area contributed by atoms with Gasteiger partial charge in [-0.2, -0.15) is 0 Å². The van der Waals surface area contributed by atoms with Gasteiger partial charge in [0.1, 0.15) is 5.75 Å². The molecule has 0 aliphatic heterocycles. The minimum Gasteiger partial charge on any atom is -0.497 e. The molecule has 1 heterocycles. The Balaban J connectivity index is 2.15. The van der Waals surface area contributed by atoms with E-state index in [1.165, 1.54) is 11.7 Å². The second kappa shape index (κ2) is 8.13. The number of nitrogens with one attached hydrogen (secondary N) is 1. The number of hydrogen-bond donors (Lipinski definition) is 2. The SMILES string of the molecule is COc1cccc(-n2c(SC(C)C(=O)NC(N)=O)nc3ccccc3c2=O)c1. The number of primary amides is 1. The largest absolute Gasteiger partial charge is 0.497 e. The number of thioether (sulfide) groups is 1. The van der Waals surface area contributed by atoms with Crippen molar-refractivity contribution in [3.05, 3.63) is 58.9 Å². The molecule has 0 saturated carbocycles. The fourth-order valence-electron chi connectivity index (χ4n) is 2.60. The minimum absolute atomic E-state index is 0.274. The van der Waals surface area contributed by atoms with E-state index in [0.29, 0.717) is 27.5 Å². The maximum absolute atomic E-state index is 13.2. The Labute approximate surface area is 164 Å². The summed E-state index contributed by atoms with van der Waals surface area (Å²) >= 11 is 1.05. The van der Waals surface area contributed by atoms with Crippen molar-refractivity contribution in [3.63, 3.8) is 0 Å². The number of imide groups is 1. The molecule has 0 aliphatic carbocycles. The highest BCUT2D eigenvalue weighted by Crippen LogP contribution is 2.26. The lowest BCUT2D eigenvalue weighted by Gasteiger charge is -2.16. The first kappa shape index (κ1) is 19.4. The van der Waals surface area contributed by atoms with E-state index < -0.39 is 17.2 Å². The summed E-state index contributed by atoms with van der Waals surface area (Å²) in [5.74, 6) is 0.00475. The smallest absolute Gasteiger partial charge is 0.318 e. The van der Waals surface area contributed by atoms with Gasteiger partial charge in [-0.3, -0.25) is 19.5 Å². The second-order valence-corrected chi connectivity index (χ2v) is 7.18. The van der Waals surface area contributed by atoms with Crippen molar-refractivity contribution in [1.29, 1.82) is 0 Å². The van der Waals surface area contributed by atoms with E-state index in [1.54, 1.807) is 55.5 Å². The number of para-hydroxylation sites is 1. The summed E-state index contributed by atoms with van der Waals surface area (Å²) < 4.78 is 6.67. The average molecular weight is 398 g/mol. The van der Waals surface area contributed by atoms with Gasteiger partial charge in [-0.25, -0.2) is 9.78 Å². The summed E-state index contributed by atoms with van der Waals surface area (Å²) in [6.07, 6.45) is 0. The predicted octanol–water partition coefficient (Wildman–Crippen LogP) is 2.07. The third-order valence-corrected chi connectivity index (χ3v) is 5.01. The quantitative estimate of drug-likeness (QED) is 0.502. The lowest BCUT2D eigenvalue weighted by molar-refractivity contribution is -0.119. The summed E-state index contributed by atoms with van der Waals surface area (Å²) in [6.45, 7) is 1.60. The van der Waals surface area contributed by atoms with Crippen LogP contribution in [-0.2, 0) is 4.79 Å². The highest BCUT2D eigenvalue weighted by atomic mass is 32.2. The number of nitrogens with zero attached hydrogens (tertiary/aromatic N) is 2. The van der Waals surface area contributed by atoms with Gasteiger partial charge in [0.25, 0.3) is 5.56 Å². The summed E-state index contributed by atoms with van der Waals surface area (Å²) in [5, 5.41) is 2.08. The van der Waals surface area contributed by atoms with Crippen LogP contribution in [0.15, 0.2) is 58.5 Å². The molecule has 1 aromatic heterocycles. The van der Waals surface area contributed by atoms with Gasteiger partial charge in [-0.05, 0) is 31.2 Å². The van der Waals surface area contributed by atoms with Crippen LogP contribution in [0.25, 0.3) is 16.6 Å². The number of aromatic nitrogens is 2. The van der Waals surface area contributed by atoms with Crippen LogP contribution in [0.3, 0.4) is 0 Å². The van der Waals surface area contributed by atoms with Gasteiger partial charge in [0.2, 0.25) is 5.91 Å². The van der Waals surface area contributed by atoms with Crippen LogP contribution in [-0.4, -0.2) is 33.8 Å². The summed E-state index contributed by atoms with van der Waals surface area (Å²) in [6, 6.07) is 13.0. The molecule has 144 valence electrons. The highest BCUT2D eigenvalue weighted by molar-refractivity contribution is 8.00. The molecule has 3 N–H and O–H groups in total. The number of amides is 3. The molecule has 3 rings (SSSR count). The third-order valence-electron chi connectivity index (χ3n) is 3.95. The molecular formula is C19H18N4O4S. The van der Waals surface area contributed by atoms with Crippen LogP contribution in [0.5, 0.6) is 5.75 Å². The Hall–Kier alpha value is -3.33. The standard InChI is InChI=1S/C19H18N4O4S/c1-11(16(24)22-18(20)26)28-19-21-15-9-4-3-8-14(15)17(25)23(19)12-6-5-7-13(10-12)27-2/h3-11H,1-2H3,(H3,20,22,24,26). The van der Waals surface area contributed by atoms with Crippen LogP contribution in [0.1, 0.15) is 6.92 Å². The molecule has 9 heteroatoms. The normalized spacial score (nSPS) is 11.8. The first-order valence-corrected chi connectivity index (χ1v) is 9.22. The van der Waals surface area contributed by atoms with Crippen LogP contribution in [0.2, 0.25) is 0 Å². The zero-order valence-electron chi connectivity index (χ0n) is 15.2. The van der Waals surface area contributed by atoms with Crippen molar-refractivity contribution in [2.45, 2.75) is 17.3 Å². The third kappa shape index (κ3) is 3.99. The van der Waals surface area contributed by atoms with Crippen LogP contribution in [0.4, 0.5) is 4.79 Å². The fraction of sp³-hybridized carbons (Fsp3) is 0.158. The summed E-state index contributed by atoms with van der Waals surface area (Å²) in [5.41, 5.74) is 5.80. The van der Waals surface area contributed by atoms with E-state index in [1.807, 2.05) is 5.32 Å². The van der Waals surface area contributed by atoms with Gasteiger partial charge in [0, 0.05) is 6.07 Å². The first-order chi connectivity index (χ1) is 13.4. The average Bonchev–Trinajstić information content (AvgIpc) is 2.67. The van der Waals surface area contributed by atoms with E-state index >= 15 is 0 Å². The van der Waals surface area contributed by atoms with E-state index in [9.17, 15) is 14.4 Å². The van der Waals surface area contributed by atoms with Gasteiger partial charge in [-0.15, -0.1) is 0 Å². The van der Waals surface area contributed by atoms with Crippen LogP contribution >= 0.6 is 11.8 Å². The van der Waals surface area contributed by atoms with Crippen molar-refractivity contribution in [3.8, 4) is 11.4 Å². The van der Waals surface area contributed by atoms with Crippen LogP contribution < -0.4 is 21.3 Å². The van der Waals surface area contributed by atoms with Gasteiger partial charge < -0.3 is 10.5 Å². The lowest BCUT2D eigenvalue weighted by Crippen LogP contribution is -2.39. The Morgan fingerprint density at radius 1 is 1.21 bits per heavy atom. The van der Waals surface area contributed by atoms with Crippen molar-refractivity contribution < 1.29 is 14.3 Å². The number of methoxy groups -OCH3 is 1. The topological polar surface area (TPSA) is 116 Å². The summed E-state index contributed by atoms with van der Waals surface area (Å²) in [4.78, 5) is 40.8. The van der Waals surface area contributed by atoms with E-state index in [-0.39, 0.29) is 5.56 Å². The molecule has 2 aromatic carbocycles. The Morgan fingerprint density at radius 2 is 1.96 bits per heavy atom. The van der Waals surface area contributed by atoms with Crippen molar-refractivity contribution >= 4 is 34.6 Å². The van der Waals surface area contributed by atoms with Gasteiger partial charge in [0.05, 0.1) is 29.0 Å². The van der Waals surface area contributed by atoms with E-state index in [2.05, 4.69) is 4.98 Å². The predicted molar refractivity (Wildman–Crippen MR) is 107 cm³/mol. The zero-order valence-corrected chi connectivity index (χ0v) is 16.0. The zero-order chi connectivity index (χ0) is 20.3.